The fourth-order valence-electron chi connectivity index (χ4n) is 3.62. The quantitative estimate of drug-likeness (QED) is 0.738. The van der Waals surface area contributed by atoms with Crippen molar-refractivity contribution in [2.45, 2.75) is 19.0 Å². The summed E-state index contributed by atoms with van der Waals surface area (Å²) in [6.07, 6.45) is 3.41. The summed E-state index contributed by atoms with van der Waals surface area (Å²) in [5.74, 6) is 0.673. The number of hydrogen-bond donors (Lipinski definition) is 1. The third-order valence-electron chi connectivity index (χ3n) is 5.03. The first kappa shape index (κ1) is 18.7. The lowest BCUT2D eigenvalue weighted by molar-refractivity contribution is 0.389. The zero-order chi connectivity index (χ0) is 19.7. The maximum atomic E-state index is 12.6. The second-order valence-electron chi connectivity index (χ2n) is 7.15. The Morgan fingerprint density at radius 2 is 1.82 bits per heavy atom. The summed E-state index contributed by atoms with van der Waals surface area (Å²) in [5.41, 5.74) is 2.63. The van der Waals surface area contributed by atoms with Gasteiger partial charge in [-0.3, -0.25) is 14.3 Å². The van der Waals surface area contributed by atoms with E-state index in [0.717, 1.165) is 22.7 Å². The number of piperazine rings is 1. The lowest BCUT2D eigenvalue weighted by atomic mass is 10.0. The van der Waals surface area contributed by atoms with Crippen molar-refractivity contribution in [2.75, 3.05) is 18.0 Å². The zero-order valence-corrected chi connectivity index (χ0v) is 16.6. The predicted molar refractivity (Wildman–Crippen MR) is 112 cm³/mol. The van der Waals surface area contributed by atoms with Gasteiger partial charge < -0.3 is 10.2 Å². The van der Waals surface area contributed by atoms with E-state index in [1.807, 2.05) is 36.4 Å². The summed E-state index contributed by atoms with van der Waals surface area (Å²) in [4.78, 5) is 23.6. The Hall–Kier alpha value is -2.70. The van der Waals surface area contributed by atoms with Crippen LogP contribution in [0.3, 0.4) is 0 Å². The van der Waals surface area contributed by atoms with Crippen LogP contribution in [-0.2, 0) is 7.05 Å². The van der Waals surface area contributed by atoms with Gasteiger partial charge in [0, 0.05) is 55.2 Å². The Morgan fingerprint density at radius 1 is 1.11 bits per heavy atom. The van der Waals surface area contributed by atoms with Crippen molar-refractivity contribution in [3.05, 3.63) is 75.8 Å². The van der Waals surface area contributed by atoms with Crippen molar-refractivity contribution in [2.24, 2.45) is 7.05 Å². The van der Waals surface area contributed by atoms with E-state index in [9.17, 15) is 4.79 Å². The highest BCUT2D eigenvalue weighted by atomic mass is 35.5. The summed E-state index contributed by atoms with van der Waals surface area (Å²) in [7, 11) is 1.77. The molecule has 6 nitrogen and oxygen atoms in total. The third kappa shape index (κ3) is 3.79. The standard InChI is InChI=1S/C21H22ClN5O/c1-14-12-27(13-19(24-14)15-3-5-17(22)6-4-15)21-25-18(11-20(28)26(21)2)16-7-9-23-10-8-16/h3-11,14,19,24H,12-13H2,1-2H3. The second kappa shape index (κ2) is 7.73. The number of anilines is 1. The van der Waals surface area contributed by atoms with Gasteiger partial charge in [0.25, 0.3) is 5.56 Å². The van der Waals surface area contributed by atoms with Crippen LogP contribution in [0.15, 0.2) is 59.7 Å². The molecule has 1 aliphatic rings. The topological polar surface area (TPSA) is 63.1 Å². The molecule has 1 saturated heterocycles. The van der Waals surface area contributed by atoms with Gasteiger partial charge in [-0.1, -0.05) is 23.7 Å². The number of aromatic nitrogens is 3. The fourth-order valence-corrected chi connectivity index (χ4v) is 3.74. The molecule has 7 heteroatoms. The summed E-state index contributed by atoms with van der Waals surface area (Å²) in [6, 6.07) is 13.6. The van der Waals surface area contributed by atoms with Gasteiger partial charge >= 0.3 is 0 Å². The lowest BCUT2D eigenvalue weighted by Gasteiger charge is -2.39. The van der Waals surface area contributed by atoms with Crippen LogP contribution in [0.5, 0.6) is 0 Å². The Labute approximate surface area is 168 Å². The van der Waals surface area contributed by atoms with Gasteiger partial charge in [-0.2, -0.15) is 0 Å². The highest BCUT2D eigenvalue weighted by Crippen LogP contribution is 2.25. The number of benzene rings is 1. The Bertz CT molecular complexity index is 1020. The minimum Gasteiger partial charge on any atom is -0.339 e. The van der Waals surface area contributed by atoms with Crippen LogP contribution in [0, 0.1) is 0 Å². The van der Waals surface area contributed by atoms with Crippen molar-refractivity contribution in [1.82, 2.24) is 19.9 Å². The molecule has 144 valence electrons. The van der Waals surface area contributed by atoms with Crippen LogP contribution in [0.2, 0.25) is 5.02 Å². The molecule has 3 heterocycles. The summed E-state index contributed by atoms with van der Waals surface area (Å²) in [5, 5.41) is 4.34. The summed E-state index contributed by atoms with van der Waals surface area (Å²) in [6.45, 7) is 3.62. The highest BCUT2D eigenvalue weighted by Gasteiger charge is 2.27. The molecule has 2 aromatic heterocycles. The second-order valence-corrected chi connectivity index (χ2v) is 7.59. The molecule has 0 spiro atoms. The molecular formula is C21H22ClN5O. The number of hydrogen-bond acceptors (Lipinski definition) is 5. The average molecular weight is 396 g/mol. The number of rotatable bonds is 3. The van der Waals surface area contributed by atoms with Gasteiger partial charge in [-0.25, -0.2) is 4.98 Å². The van der Waals surface area contributed by atoms with Gasteiger partial charge in [0.15, 0.2) is 0 Å². The Balaban J connectivity index is 1.70. The molecule has 4 rings (SSSR count). The predicted octanol–water partition coefficient (Wildman–Crippen LogP) is 3.04. The molecular weight excluding hydrogens is 374 g/mol. The monoisotopic (exact) mass is 395 g/mol. The SMILES string of the molecule is CC1CN(c2nc(-c3ccncc3)cc(=O)n2C)CC(c2ccc(Cl)cc2)N1. The molecule has 28 heavy (non-hydrogen) atoms. The molecule has 0 aliphatic carbocycles. The van der Waals surface area contributed by atoms with E-state index in [1.54, 1.807) is 30.1 Å². The normalized spacial score (nSPS) is 19.6. The average Bonchev–Trinajstić information content (AvgIpc) is 2.70. The molecule has 1 aliphatic heterocycles. The van der Waals surface area contributed by atoms with Crippen LogP contribution in [0.4, 0.5) is 5.95 Å². The van der Waals surface area contributed by atoms with Gasteiger partial charge in [-0.05, 0) is 36.8 Å². The van der Waals surface area contributed by atoms with Gasteiger partial charge in [0.1, 0.15) is 0 Å². The molecule has 0 amide bonds. The molecule has 1 aromatic carbocycles. The van der Waals surface area contributed by atoms with Crippen molar-refractivity contribution < 1.29 is 0 Å². The van der Waals surface area contributed by atoms with Crippen LogP contribution in [-0.4, -0.2) is 33.7 Å². The molecule has 0 radical (unpaired) electrons. The number of nitrogens with one attached hydrogen (secondary N) is 1. The molecule has 2 unspecified atom stereocenters. The van der Waals surface area contributed by atoms with E-state index in [0.29, 0.717) is 18.2 Å². The van der Waals surface area contributed by atoms with E-state index in [2.05, 4.69) is 22.1 Å². The lowest BCUT2D eigenvalue weighted by Crippen LogP contribution is -2.52. The van der Waals surface area contributed by atoms with Crippen LogP contribution in [0.25, 0.3) is 11.3 Å². The van der Waals surface area contributed by atoms with E-state index in [4.69, 9.17) is 16.6 Å². The third-order valence-corrected chi connectivity index (χ3v) is 5.28. The maximum Gasteiger partial charge on any atom is 0.255 e. The van der Waals surface area contributed by atoms with Crippen molar-refractivity contribution >= 4 is 17.5 Å². The molecule has 3 aromatic rings. The van der Waals surface area contributed by atoms with Crippen LogP contribution < -0.4 is 15.8 Å². The first-order chi connectivity index (χ1) is 13.5. The molecule has 1 fully saturated rings. The Morgan fingerprint density at radius 3 is 2.54 bits per heavy atom. The van der Waals surface area contributed by atoms with Crippen LogP contribution >= 0.6 is 11.6 Å². The highest BCUT2D eigenvalue weighted by molar-refractivity contribution is 6.30. The minimum atomic E-state index is -0.0777. The summed E-state index contributed by atoms with van der Waals surface area (Å²) < 4.78 is 1.61. The largest absolute Gasteiger partial charge is 0.339 e. The first-order valence-corrected chi connectivity index (χ1v) is 9.64. The number of nitrogens with zero attached hydrogens (tertiary/aromatic N) is 4. The number of pyridine rings is 1. The first-order valence-electron chi connectivity index (χ1n) is 9.26. The zero-order valence-electron chi connectivity index (χ0n) is 15.8. The van der Waals surface area contributed by atoms with Crippen molar-refractivity contribution in [3.8, 4) is 11.3 Å². The van der Waals surface area contributed by atoms with Gasteiger partial charge in [0.05, 0.1) is 11.7 Å². The molecule has 0 saturated carbocycles. The Kier molecular flexibility index (Phi) is 5.15. The summed E-state index contributed by atoms with van der Waals surface area (Å²) >= 11 is 6.03. The molecule has 0 bridgehead atoms. The van der Waals surface area contributed by atoms with Crippen molar-refractivity contribution in [3.63, 3.8) is 0 Å². The van der Waals surface area contributed by atoms with Crippen LogP contribution in [0.1, 0.15) is 18.5 Å². The molecule has 2 atom stereocenters. The minimum absolute atomic E-state index is 0.0777. The fraction of sp³-hybridized carbons (Fsp3) is 0.286. The van der Waals surface area contributed by atoms with Crippen molar-refractivity contribution in [1.29, 1.82) is 0 Å². The van der Waals surface area contributed by atoms with E-state index < -0.39 is 0 Å². The molecule has 1 N–H and O–H groups in total. The smallest absolute Gasteiger partial charge is 0.255 e. The van der Waals surface area contributed by atoms with E-state index in [1.165, 1.54) is 0 Å². The van der Waals surface area contributed by atoms with E-state index in [-0.39, 0.29) is 17.6 Å². The maximum absolute atomic E-state index is 12.6. The van der Waals surface area contributed by atoms with Gasteiger partial charge in [0.2, 0.25) is 5.95 Å². The number of halogens is 1. The van der Waals surface area contributed by atoms with E-state index >= 15 is 0 Å². The van der Waals surface area contributed by atoms with Gasteiger partial charge in [-0.15, -0.1) is 0 Å².